The molecule has 0 spiro atoms. The Morgan fingerprint density at radius 2 is 2.00 bits per heavy atom. The van der Waals surface area contributed by atoms with Gasteiger partial charge in [0.2, 0.25) is 0 Å². The smallest absolute Gasteiger partial charge is 0.0594 e. The summed E-state index contributed by atoms with van der Waals surface area (Å²) in [6.45, 7) is 7.65. The highest BCUT2D eigenvalue weighted by atomic mass is 16.5. The Morgan fingerprint density at radius 1 is 1.33 bits per heavy atom. The second kappa shape index (κ2) is 6.66. The van der Waals surface area contributed by atoms with Crippen LogP contribution in [-0.4, -0.2) is 42.8 Å². The first-order valence-corrected chi connectivity index (χ1v) is 7.23. The molecule has 0 radical (unpaired) electrons. The van der Waals surface area contributed by atoms with Crippen molar-refractivity contribution in [3.8, 4) is 0 Å². The number of morpholine rings is 1. The maximum absolute atomic E-state index is 5.84. The van der Waals surface area contributed by atoms with Gasteiger partial charge in [0, 0.05) is 24.7 Å². The summed E-state index contributed by atoms with van der Waals surface area (Å²) in [5.41, 5.74) is 3.34. The maximum atomic E-state index is 5.84. The number of nitrogens with one attached hydrogen (secondary N) is 1. The van der Waals surface area contributed by atoms with Gasteiger partial charge in [-0.2, -0.15) is 0 Å². The standard InChI is InChI=1S/C14H27N3O/c1-2-3-6-13(16-15)14(7-4-5-8-14)17-9-11-18-12-10-17/h2,13,16H,1,3-12,15H2. The normalized spacial score (nSPS) is 26.1. The topological polar surface area (TPSA) is 50.5 Å². The van der Waals surface area contributed by atoms with Crippen molar-refractivity contribution in [2.75, 3.05) is 26.3 Å². The van der Waals surface area contributed by atoms with Crippen LogP contribution in [0.5, 0.6) is 0 Å². The zero-order valence-electron chi connectivity index (χ0n) is 11.4. The second-order valence-electron chi connectivity index (χ2n) is 5.50. The SMILES string of the molecule is C=CCCC(NN)C1(N2CCOCC2)CCCC1. The summed E-state index contributed by atoms with van der Waals surface area (Å²) in [5, 5.41) is 0. The molecular weight excluding hydrogens is 226 g/mol. The van der Waals surface area contributed by atoms with Crippen molar-refractivity contribution in [1.82, 2.24) is 10.3 Å². The van der Waals surface area contributed by atoms with Gasteiger partial charge in [0.15, 0.2) is 0 Å². The van der Waals surface area contributed by atoms with Crippen molar-refractivity contribution < 1.29 is 4.74 Å². The molecule has 1 aliphatic heterocycles. The van der Waals surface area contributed by atoms with E-state index >= 15 is 0 Å². The minimum Gasteiger partial charge on any atom is -0.379 e. The third-order valence-corrected chi connectivity index (χ3v) is 4.62. The number of allylic oxidation sites excluding steroid dienone is 1. The Balaban J connectivity index is 2.10. The third kappa shape index (κ3) is 2.77. The Morgan fingerprint density at radius 3 is 2.56 bits per heavy atom. The number of hydrazine groups is 1. The molecule has 1 atom stereocenters. The molecule has 0 aromatic rings. The Labute approximate surface area is 111 Å². The first kappa shape index (κ1) is 14.0. The van der Waals surface area contributed by atoms with E-state index in [0.29, 0.717) is 6.04 Å². The summed E-state index contributed by atoms with van der Waals surface area (Å²) >= 11 is 0. The largest absolute Gasteiger partial charge is 0.379 e. The predicted molar refractivity (Wildman–Crippen MR) is 74.1 cm³/mol. The molecule has 104 valence electrons. The van der Waals surface area contributed by atoms with Crippen LogP contribution < -0.4 is 11.3 Å². The fourth-order valence-corrected chi connectivity index (χ4v) is 3.67. The molecular formula is C14H27N3O. The maximum Gasteiger partial charge on any atom is 0.0594 e. The molecule has 18 heavy (non-hydrogen) atoms. The van der Waals surface area contributed by atoms with Crippen LogP contribution >= 0.6 is 0 Å². The third-order valence-electron chi connectivity index (χ3n) is 4.62. The van der Waals surface area contributed by atoms with Gasteiger partial charge in [-0.25, -0.2) is 0 Å². The summed E-state index contributed by atoms with van der Waals surface area (Å²) < 4.78 is 5.49. The first-order chi connectivity index (χ1) is 8.83. The molecule has 1 unspecified atom stereocenters. The predicted octanol–water partition coefficient (Wildman–Crippen LogP) is 1.43. The molecule has 0 aromatic carbocycles. The summed E-state index contributed by atoms with van der Waals surface area (Å²) in [6, 6.07) is 0.371. The number of ether oxygens (including phenoxy) is 1. The van der Waals surface area contributed by atoms with E-state index in [2.05, 4.69) is 16.9 Å². The number of hydrogen-bond acceptors (Lipinski definition) is 4. The summed E-state index contributed by atoms with van der Waals surface area (Å²) in [5.74, 6) is 5.84. The molecule has 2 rings (SSSR count). The summed E-state index contributed by atoms with van der Waals surface area (Å²) in [4.78, 5) is 2.62. The van der Waals surface area contributed by atoms with Crippen LogP contribution in [0.1, 0.15) is 38.5 Å². The van der Waals surface area contributed by atoms with Gasteiger partial charge < -0.3 is 4.74 Å². The molecule has 2 fully saturated rings. The molecule has 0 amide bonds. The van der Waals surface area contributed by atoms with Crippen LogP contribution in [0.4, 0.5) is 0 Å². The minimum atomic E-state index is 0.252. The first-order valence-electron chi connectivity index (χ1n) is 7.23. The van der Waals surface area contributed by atoms with Gasteiger partial charge in [-0.3, -0.25) is 16.2 Å². The van der Waals surface area contributed by atoms with Crippen LogP contribution in [-0.2, 0) is 4.74 Å². The van der Waals surface area contributed by atoms with E-state index in [1.54, 1.807) is 0 Å². The van der Waals surface area contributed by atoms with Crippen molar-refractivity contribution in [3.05, 3.63) is 12.7 Å². The van der Waals surface area contributed by atoms with Crippen LogP contribution in [0.3, 0.4) is 0 Å². The second-order valence-corrected chi connectivity index (χ2v) is 5.50. The van der Waals surface area contributed by atoms with Crippen LogP contribution in [0, 0.1) is 0 Å². The monoisotopic (exact) mass is 253 g/mol. The highest BCUT2D eigenvalue weighted by molar-refractivity contribution is 5.04. The molecule has 3 N–H and O–H groups in total. The van der Waals surface area contributed by atoms with E-state index in [-0.39, 0.29) is 5.54 Å². The van der Waals surface area contributed by atoms with Crippen molar-refractivity contribution in [2.45, 2.75) is 50.1 Å². The van der Waals surface area contributed by atoms with Gasteiger partial charge in [-0.1, -0.05) is 18.9 Å². The Hall–Kier alpha value is -0.420. The number of hydrogen-bond donors (Lipinski definition) is 2. The molecule has 1 saturated carbocycles. The van der Waals surface area contributed by atoms with E-state index in [1.807, 2.05) is 6.08 Å². The fraction of sp³-hybridized carbons (Fsp3) is 0.857. The van der Waals surface area contributed by atoms with Gasteiger partial charge >= 0.3 is 0 Å². The summed E-state index contributed by atoms with van der Waals surface area (Å²) in [6.07, 6.45) is 9.27. The zero-order valence-corrected chi connectivity index (χ0v) is 11.4. The zero-order chi connectivity index (χ0) is 12.8. The van der Waals surface area contributed by atoms with E-state index in [9.17, 15) is 0 Å². The van der Waals surface area contributed by atoms with Gasteiger partial charge in [0.05, 0.1) is 13.2 Å². The highest BCUT2D eigenvalue weighted by Crippen LogP contribution is 2.39. The molecule has 1 heterocycles. The lowest BCUT2D eigenvalue weighted by atomic mass is 9.83. The number of nitrogens with zero attached hydrogens (tertiary/aromatic N) is 1. The molecule has 4 nitrogen and oxygen atoms in total. The van der Waals surface area contributed by atoms with Crippen LogP contribution in [0.2, 0.25) is 0 Å². The minimum absolute atomic E-state index is 0.252. The lowest BCUT2D eigenvalue weighted by molar-refractivity contribution is -0.0368. The van der Waals surface area contributed by atoms with Gasteiger partial charge in [0.25, 0.3) is 0 Å². The van der Waals surface area contributed by atoms with Gasteiger partial charge in [-0.05, 0) is 25.7 Å². The number of nitrogens with two attached hydrogens (primary N) is 1. The number of rotatable bonds is 6. The van der Waals surface area contributed by atoms with Crippen LogP contribution in [0.15, 0.2) is 12.7 Å². The van der Waals surface area contributed by atoms with E-state index in [4.69, 9.17) is 10.6 Å². The average molecular weight is 253 g/mol. The van der Waals surface area contributed by atoms with Gasteiger partial charge in [-0.15, -0.1) is 6.58 Å². The highest BCUT2D eigenvalue weighted by Gasteiger charge is 2.45. The molecule has 0 bridgehead atoms. The molecule has 2 aliphatic rings. The molecule has 1 aliphatic carbocycles. The molecule has 1 saturated heterocycles. The fourth-order valence-electron chi connectivity index (χ4n) is 3.67. The van der Waals surface area contributed by atoms with Gasteiger partial charge in [0.1, 0.15) is 0 Å². The Kier molecular flexibility index (Phi) is 5.18. The molecule has 0 aromatic heterocycles. The van der Waals surface area contributed by atoms with Crippen LogP contribution in [0.25, 0.3) is 0 Å². The summed E-state index contributed by atoms with van der Waals surface area (Å²) in [7, 11) is 0. The van der Waals surface area contributed by atoms with E-state index < -0.39 is 0 Å². The lowest BCUT2D eigenvalue weighted by Gasteiger charge is -2.48. The Bertz CT molecular complexity index is 258. The van der Waals surface area contributed by atoms with E-state index in [0.717, 1.165) is 39.1 Å². The quantitative estimate of drug-likeness (QED) is 0.427. The van der Waals surface area contributed by atoms with Crippen molar-refractivity contribution in [3.63, 3.8) is 0 Å². The molecule has 4 heteroatoms. The van der Waals surface area contributed by atoms with E-state index in [1.165, 1.54) is 25.7 Å². The van der Waals surface area contributed by atoms with Crippen molar-refractivity contribution in [1.29, 1.82) is 0 Å². The van der Waals surface area contributed by atoms with Crippen molar-refractivity contribution in [2.24, 2.45) is 5.84 Å². The lowest BCUT2D eigenvalue weighted by Crippen LogP contribution is -2.63. The van der Waals surface area contributed by atoms with Crippen molar-refractivity contribution >= 4 is 0 Å². The average Bonchev–Trinajstić information content (AvgIpc) is 2.91.